The van der Waals surface area contributed by atoms with Crippen LogP contribution in [0.5, 0.6) is 0 Å². The fourth-order valence-corrected chi connectivity index (χ4v) is 2.04. The third-order valence-corrected chi connectivity index (χ3v) is 3.34. The monoisotopic (exact) mass is 364 g/mol. The molecule has 0 saturated heterocycles. The number of aliphatic hydroxyl groups is 1. The van der Waals surface area contributed by atoms with E-state index in [4.69, 9.17) is 4.74 Å². The number of amides is 2. The summed E-state index contributed by atoms with van der Waals surface area (Å²) < 4.78 is 9.57. The highest BCUT2D eigenvalue weighted by atomic mass is 16.5. The molecule has 1 aromatic rings. The number of rotatable bonds is 10. The Balaban J connectivity index is 2.30. The summed E-state index contributed by atoms with van der Waals surface area (Å²) in [6, 6.07) is 8.27. The van der Waals surface area contributed by atoms with Crippen LogP contribution in [0, 0.1) is 0 Å². The van der Waals surface area contributed by atoms with Crippen LogP contribution < -0.4 is 10.6 Å². The number of esters is 1. The average Bonchev–Trinajstić information content (AvgIpc) is 2.64. The van der Waals surface area contributed by atoms with E-state index in [1.165, 1.54) is 13.2 Å². The summed E-state index contributed by atoms with van der Waals surface area (Å²) in [6.07, 6.45) is -0.432. The molecule has 0 aromatic heterocycles. The number of carbonyl (C=O) groups is 3. The fourth-order valence-electron chi connectivity index (χ4n) is 2.04. The van der Waals surface area contributed by atoms with Crippen LogP contribution in [-0.4, -0.2) is 48.9 Å². The molecule has 0 radical (unpaired) electrons. The number of hydrogen-bond donors (Lipinski definition) is 3. The normalized spacial score (nSPS) is 12.4. The number of ether oxygens (including phenoxy) is 2. The van der Waals surface area contributed by atoms with E-state index in [-0.39, 0.29) is 26.0 Å². The highest BCUT2D eigenvalue weighted by molar-refractivity contribution is 5.84. The number of alkyl carbamates (subject to hydrolysis) is 1. The van der Waals surface area contributed by atoms with Crippen LogP contribution in [0.25, 0.3) is 0 Å². The molecule has 0 aliphatic rings. The fraction of sp³-hybridized carbons (Fsp3) is 0.389. The van der Waals surface area contributed by atoms with Crippen molar-refractivity contribution in [3.63, 3.8) is 0 Å². The van der Waals surface area contributed by atoms with Gasteiger partial charge in [0.1, 0.15) is 12.6 Å². The van der Waals surface area contributed by atoms with E-state index in [0.717, 1.165) is 5.56 Å². The summed E-state index contributed by atoms with van der Waals surface area (Å²) in [7, 11) is 1.21. The Bertz CT molecular complexity index is 605. The number of benzene rings is 1. The van der Waals surface area contributed by atoms with Gasteiger partial charge in [-0.3, -0.25) is 4.79 Å². The number of nitrogens with one attached hydrogen (secondary N) is 2. The zero-order valence-electron chi connectivity index (χ0n) is 14.6. The van der Waals surface area contributed by atoms with Crippen LogP contribution in [0.1, 0.15) is 18.4 Å². The van der Waals surface area contributed by atoms with Gasteiger partial charge in [0.25, 0.3) is 0 Å². The van der Waals surface area contributed by atoms with Crippen LogP contribution >= 0.6 is 0 Å². The minimum absolute atomic E-state index is 0.103. The maximum absolute atomic E-state index is 11.9. The van der Waals surface area contributed by atoms with Gasteiger partial charge in [0.15, 0.2) is 0 Å². The maximum Gasteiger partial charge on any atom is 0.407 e. The zero-order chi connectivity index (χ0) is 19.4. The molecule has 0 heterocycles. The van der Waals surface area contributed by atoms with Crippen LogP contribution in [0.15, 0.2) is 43.0 Å². The molecule has 1 rings (SSSR count). The third-order valence-electron chi connectivity index (χ3n) is 3.34. The number of carbonyl (C=O) groups excluding carboxylic acids is 3. The van der Waals surface area contributed by atoms with Gasteiger partial charge in [-0.15, -0.1) is 6.58 Å². The molecular weight excluding hydrogens is 340 g/mol. The van der Waals surface area contributed by atoms with Crippen molar-refractivity contribution < 1.29 is 29.0 Å². The third kappa shape index (κ3) is 8.29. The van der Waals surface area contributed by atoms with Crippen molar-refractivity contribution in [2.45, 2.75) is 31.6 Å². The Morgan fingerprint density at radius 3 is 2.58 bits per heavy atom. The van der Waals surface area contributed by atoms with Crippen LogP contribution in [0.3, 0.4) is 0 Å². The molecule has 0 unspecified atom stereocenters. The quantitative estimate of drug-likeness (QED) is 0.420. The summed E-state index contributed by atoms with van der Waals surface area (Å²) in [5, 5.41) is 14.6. The minimum atomic E-state index is -1.12. The second-order valence-electron chi connectivity index (χ2n) is 5.47. The first-order chi connectivity index (χ1) is 12.5. The van der Waals surface area contributed by atoms with E-state index in [2.05, 4.69) is 21.9 Å². The lowest BCUT2D eigenvalue weighted by Crippen LogP contribution is -2.43. The molecule has 26 heavy (non-hydrogen) atoms. The lowest BCUT2D eigenvalue weighted by molar-refractivity contribution is -0.145. The van der Waals surface area contributed by atoms with Crippen molar-refractivity contribution in [3.8, 4) is 0 Å². The van der Waals surface area contributed by atoms with Crippen molar-refractivity contribution >= 4 is 18.0 Å². The molecule has 0 bridgehead atoms. The van der Waals surface area contributed by atoms with E-state index in [9.17, 15) is 19.5 Å². The molecule has 0 aliphatic carbocycles. The first-order valence-corrected chi connectivity index (χ1v) is 8.07. The average molecular weight is 364 g/mol. The second kappa shape index (κ2) is 11.6. The van der Waals surface area contributed by atoms with Crippen LogP contribution in [0.4, 0.5) is 4.79 Å². The smallest absolute Gasteiger partial charge is 0.407 e. The Hall–Kier alpha value is -2.87. The van der Waals surface area contributed by atoms with Crippen molar-refractivity contribution in [3.05, 3.63) is 48.6 Å². The van der Waals surface area contributed by atoms with Gasteiger partial charge in [-0.05, 0) is 12.0 Å². The topological polar surface area (TPSA) is 114 Å². The van der Waals surface area contributed by atoms with Crippen LogP contribution in [-0.2, 0) is 25.7 Å². The standard InChI is InChI=1S/C18H24N2O6/c1-3-7-15(17(23)25-2)20-16(22)10-14(21)11-19-18(24)26-12-13-8-5-4-6-9-13/h3-6,8-9,14-15,21H,1,7,10-12H2,2H3,(H,19,24)(H,20,22)/t14-,15+/m0/s1. The second-order valence-corrected chi connectivity index (χ2v) is 5.47. The Morgan fingerprint density at radius 1 is 1.27 bits per heavy atom. The number of methoxy groups -OCH3 is 1. The molecule has 2 amide bonds. The number of hydrogen-bond acceptors (Lipinski definition) is 6. The Labute approximate surface area is 152 Å². The van der Waals surface area contributed by atoms with Crippen LogP contribution in [0.2, 0.25) is 0 Å². The molecule has 8 heteroatoms. The molecule has 0 saturated carbocycles. The molecule has 3 N–H and O–H groups in total. The van der Waals surface area contributed by atoms with E-state index in [0.29, 0.717) is 0 Å². The van der Waals surface area contributed by atoms with Crippen molar-refractivity contribution in [2.24, 2.45) is 0 Å². The van der Waals surface area contributed by atoms with Gasteiger partial charge in [-0.1, -0.05) is 36.4 Å². The molecule has 0 spiro atoms. The predicted molar refractivity (Wildman–Crippen MR) is 94.0 cm³/mol. The van der Waals surface area contributed by atoms with Crippen molar-refractivity contribution in [1.29, 1.82) is 0 Å². The minimum Gasteiger partial charge on any atom is -0.467 e. The van der Waals surface area contributed by atoms with Gasteiger partial charge < -0.3 is 25.2 Å². The predicted octanol–water partition coefficient (Wildman–Crippen LogP) is 0.898. The van der Waals surface area contributed by atoms with Gasteiger partial charge in [-0.25, -0.2) is 9.59 Å². The van der Waals surface area contributed by atoms with Crippen molar-refractivity contribution in [2.75, 3.05) is 13.7 Å². The SMILES string of the molecule is C=CC[C@@H](NC(=O)C[C@H](O)CNC(=O)OCc1ccccc1)C(=O)OC. The first-order valence-electron chi connectivity index (χ1n) is 8.07. The highest BCUT2D eigenvalue weighted by Gasteiger charge is 2.21. The summed E-state index contributed by atoms with van der Waals surface area (Å²) >= 11 is 0. The highest BCUT2D eigenvalue weighted by Crippen LogP contribution is 2.01. The van der Waals surface area contributed by atoms with Gasteiger partial charge in [0.2, 0.25) is 5.91 Å². The first kappa shape index (κ1) is 21.2. The zero-order valence-corrected chi connectivity index (χ0v) is 14.6. The largest absolute Gasteiger partial charge is 0.467 e. The van der Waals surface area contributed by atoms with E-state index < -0.39 is 30.1 Å². The lowest BCUT2D eigenvalue weighted by atomic mass is 10.2. The molecule has 0 aliphatic heterocycles. The molecule has 142 valence electrons. The molecule has 2 atom stereocenters. The maximum atomic E-state index is 11.9. The molecule has 0 fully saturated rings. The summed E-state index contributed by atoms with van der Waals surface area (Å²) in [4.78, 5) is 34.9. The lowest BCUT2D eigenvalue weighted by Gasteiger charge is -2.16. The Morgan fingerprint density at radius 2 is 1.96 bits per heavy atom. The Kier molecular flexibility index (Phi) is 9.48. The van der Waals surface area contributed by atoms with Crippen molar-refractivity contribution in [1.82, 2.24) is 10.6 Å². The summed E-state index contributed by atoms with van der Waals surface area (Å²) in [6.45, 7) is 3.45. The van der Waals surface area contributed by atoms with E-state index >= 15 is 0 Å². The number of aliphatic hydroxyl groups excluding tert-OH is 1. The summed E-state index contributed by atoms with van der Waals surface area (Å²) in [5.41, 5.74) is 0.832. The summed E-state index contributed by atoms with van der Waals surface area (Å²) in [5.74, 6) is -1.15. The van der Waals surface area contributed by atoms with Gasteiger partial charge in [0, 0.05) is 6.54 Å². The molecule has 8 nitrogen and oxygen atoms in total. The van der Waals surface area contributed by atoms with Gasteiger partial charge in [0.05, 0.1) is 19.6 Å². The molecular formula is C18H24N2O6. The van der Waals surface area contributed by atoms with E-state index in [1.807, 2.05) is 30.3 Å². The van der Waals surface area contributed by atoms with E-state index in [1.54, 1.807) is 0 Å². The molecule has 1 aromatic carbocycles. The van der Waals surface area contributed by atoms with Gasteiger partial charge >= 0.3 is 12.1 Å². The van der Waals surface area contributed by atoms with Gasteiger partial charge in [-0.2, -0.15) is 0 Å².